The first-order valence-corrected chi connectivity index (χ1v) is 12.7. The number of amides is 1. The van der Waals surface area contributed by atoms with Crippen molar-refractivity contribution >= 4 is 57.9 Å². The number of esters is 2. The second-order valence-electron chi connectivity index (χ2n) is 8.30. The lowest BCUT2D eigenvalue weighted by atomic mass is 10.1. The summed E-state index contributed by atoms with van der Waals surface area (Å²) in [6.07, 6.45) is 1.37. The van der Waals surface area contributed by atoms with E-state index in [-0.39, 0.29) is 28.8 Å². The maximum atomic E-state index is 13.4. The molecule has 3 heterocycles. The zero-order valence-corrected chi connectivity index (χ0v) is 21.7. The van der Waals surface area contributed by atoms with Crippen LogP contribution in [0.2, 0.25) is 5.02 Å². The lowest BCUT2D eigenvalue weighted by Gasteiger charge is -2.15. The predicted molar refractivity (Wildman–Crippen MR) is 140 cm³/mol. The molecule has 13 heteroatoms. The number of carbonyl (C=O) groups excluding carboxylic acids is 3. The molecule has 1 amide bonds. The van der Waals surface area contributed by atoms with Crippen LogP contribution in [0.3, 0.4) is 0 Å². The van der Waals surface area contributed by atoms with Gasteiger partial charge in [-0.1, -0.05) is 29.4 Å². The van der Waals surface area contributed by atoms with Gasteiger partial charge in [0.1, 0.15) is 5.39 Å². The molecule has 194 valence electrons. The summed E-state index contributed by atoms with van der Waals surface area (Å²) in [6.45, 7) is 0. The lowest BCUT2D eigenvalue weighted by Crippen LogP contribution is -2.28. The van der Waals surface area contributed by atoms with Crippen LogP contribution in [0.25, 0.3) is 16.7 Å². The molecule has 11 nitrogen and oxygen atoms in total. The number of anilines is 1. The maximum Gasteiger partial charge on any atom is 0.339 e. The Hall–Kier alpha value is -4.16. The van der Waals surface area contributed by atoms with Gasteiger partial charge in [0.25, 0.3) is 5.56 Å². The highest BCUT2D eigenvalue weighted by molar-refractivity contribution is 7.99. The fraction of sp³-hybridized carbons (Fsp3) is 0.200. The Balaban J connectivity index is 1.43. The molecule has 0 aliphatic carbocycles. The molecule has 0 bridgehead atoms. The van der Waals surface area contributed by atoms with E-state index in [1.54, 1.807) is 22.9 Å². The highest BCUT2D eigenvalue weighted by Crippen LogP contribution is 2.34. The minimum Gasteiger partial charge on any atom is -0.465 e. The van der Waals surface area contributed by atoms with Gasteiger partial charge in [0.2, 0.25) is 5.91 Å². The minimum absolute atomic E-state index is 0.0708. The number of nitrogens with zero attached hydrogens (tertiary/aromatic N) is 4. The van der Waals surface area contributed by atoms with Crippen molar-refractivity contribution in [3.05, 3.63) is 75.2 Å². The average molecular weight is 554 g/mol. The summed E-state index contributed by atoms with van der Waals surface area (Å²) in [6, 6.07) is 10.7. The number of benzene rings is 2. The van der Waals surface area contributed by atoms with Crippen LogP contribution in [-0.2, 0) is 14.3 Å². The molecular formula is C25H20ClN5O6S. The first-order valence-electron chi connectivity index (χ1n) is 11.3. The molecule has 1 N–H and O–H groups in total. The molecule has 0 spiro atoms. The number of hydrogen-bond donors (Lipinski definition) is 1. The van der Waals surface area contributed by atoms with Crippen LogP contribution < -0.4 is 10.9 Å². The molecule has 4 aromatic rings. The van der Waals surface area contributed by atoms with Gasteiger partial charge in [-0.05, 0) is 36.4 Å². The summed E-state index contributed by atoms with van der Waals surface area (Å²) in [7, 11) is 2.44. The van der Waals surface area contributed by atoms with Crippen molar-refractivity contribution in [1.29, 1.82) is 0 Å². The Morgan fingerprint density at radius 2 is 1.92 bits per heavy atom. The van der Waals surface area contributed by atoms with Crippen molar-refractivity contribution in [1.82, 2.24) is 19.3 Å². The molecular weight excluding hydrogens is 534 g/mol. The van der Waals surface area contributed by atoms with E-state index in [4.69, 9.17) is 21.1 Å². The second-order valence-corrected chi connectivity index (χ2v) is 9.73. The molecule has 1 aliphatic rings. The van der Waals surface area contributed by atoms with Gasteiger partial charge >= 0.3 is 11.9 Å². The van der Waals surface area contributed by atoms with Gasteiger partial charge in [-0.3, -0.25) is 14.2 Å². The molecule has 38 heavy (non-hydrogen) atoms. The number of ether oxygens (including phenoxy) is 2. The van der Waals surface area contributed by atoms with E-state index in [9.17, 15) is 19.2 Å². The highest BCUT2D eigenvalue weighted by Gasteiger charge is 2.30. The van der Waals surface area contributed by atoms with Gasteiger partial charge in [-0.2, -0.15) is 5.10 Å². The Morgan fingerprint density at radius 3 is 2.66 bits per heavy atom. The number of rotatable bonds is 6. The van der Waals surface area contributed by atoms with Crippen molar-refractivity contribution in [2.45, 2.75) is 17.6 Å². The quantitative estimate of drug-likeness (QED) is 0.281. The van der Waals surface area contributed by atoms with Crippen LogP contribution in [0.5, 0.6) is 0 Å². The second kappa shape index (κ2) is 10.3. The molecule has 2 aromatic heterocycles. The molecule has 2 aromatic carbocycles. The molecule has 1 aliphatic heterocycles. The lowest BCUT2D eigenvalue weighted by molar-refractivity contribution is -0.116. The number of thioether (sulfide) groups is 1. The Kier molecular flexibility index (Phi) is 6.91. The van der Waals surface area contributed by atoms with Gasteiger partial charge in [0.15, 0.2) is 10.8 Å². The largest absolute Gasteiger partial charge is 0.465 e. The fourth-order valence-electron chi connectivity index (χ4n) is 4.17. The Bertz CT molecular complexity index is 1670. The average Bonchev–Trinajstić information content (AvgIpc) is 3.52. The van der Waals surface area contributed by atoms with E-state index in [0.717, 1.165) is 0 Å². The Labute approximate surface area is 224 Å². The normalized spacial score (nSPS) is 14.2. The van der Waals surface area contributed by atoms with Gasteiger partial charge < -0.3 is 14.8 Å². The molecule has 5 rings (SSSR count). The molecule has 1 atom stereocenters. The standard InChI is InChI=1S/C25H20ClN5O6S/c1-36-23(34)13-6-7-17(24(35)37-2)19(8-13)28-20(32)10-16-12-38-25-29-21-18(22(33)30(16)25)11-27-31(21)15-5-3-4-14(26)9-15/h3-9,11,16H,10,12H2,1-2H3,(H,28,32). The van der Waals surface area contributed by atoms with Crippen LogP contribution in [0.15, 0.2) is 58.6 Å². The summed E-state index contributed by atoms with van der Waals surface area (Å²) in [4.78, 5) is 55.3. The van der Waals surface area contributed by atoms with Gasteiger partial charge in [-0.15, -0.1) is 0 Å². The molecule has 1 unspecified atom stereocenters. The van der Waals surface area contributed by atoms with Crippen molar-refractivity contribution in [3.63, 3.8) is 0 Å². The van der Waals surface area contributed by atoms with Gasteiger partial charge in [0.05, 0.1) is 49.0 Å². The van der Waals surface area contributed by atoms with Crippen LogP contribution in [-0.4, -0.2) is 57.1 Å². The molecule has 0 saturated carbocycles. The third-order valence-electron chi connectivity index (χ3n) is 5.96. The first-order chi connectivity index (χ1) is 18.3. The minimum atomic E-state index is -0.682. The number of carbonyl (C=O) groups is 3. The number of aromatic nitrogens is 4. The Morgan fingerprint density at radius 1 is 1.13 bits per heavy atom. The smallest absolute Gasteiger partial charge is 0.339 e. The van der Waals surface area contributed by atoms with E-state index in [1.165, 1.54) is 54.9 Å². The van der Waals surface area contributed by atoms with Crippen molar-refractivity contribution in [2.75, 3.05) is 25.3 Å². The molecule has 0 radical (unpaired) electrons. The first kappa shape index (κ1) is 25.5. The van der Waals surface area contributed by atoms with E-state index in [1.807, 2.05) is 6.07 Å². The van der Waals surface area contributed by atoms with Gasteiger partial charge in [0, 0.05) is 17.2 Å². The zero-order chi connectivity index (χ0) is 27.0. The van der Waals surface area contributed by atoms with Crippen LogP contribution in [0.4, 0.5) is 5.69 Å². The summed E-state index contributed by atoms with van der Waals surface area (Å²) in [5.41, 5.74) is 1.06. The fourth-order valence-corrected chi connectivity index (χ4v) is 5.49. The summed E-state index contributed by atoms with van der Waals surface area (Å²) in [5, 5.41) is 8.29. The summed E-state index contributed by atoms with van der Waals surface area (Å²) >= 11 is 7.47. The summed E-state index contributed by atoms with van der Waals surface area (Å²) < 4.78 is 12.5. The predicted octanol–water partition coefficient (Wildman–Crippen LogP) is 3.48. The SMILES string of the molecule is COC(=O)c1ccc(C(=O)OC)c(NC(=O)CC2CSc3nc4c(cnn4-c4cccc(Cl)c4)c(=O)n32)c1. The molecule has 0 fully saturated rings. The topological polar surface area (TPSA) is 134 Å². The number of fused-ring (bicyclic) bond motifs is 2. The third-order valence-corrected chi connectivity index (χ3v) is 7.30. The van der Waals surface area contributed by atoms with Crippen LogP contribution in [0, 0.1) is 0 Å². The summed E-state index contributed by atoms with van der Waals surface area (Å²) in [5.74, 6) is -1.33. The monoisotopic (exact) mass is 553 g/mol. The van der Waals surface area contributed by atoms with Crippen molar-refractivity contribution in [3.8, 4) is 5.69 Å². The van der Waals surface area contributed by atoms with Crippen LogP contribution in [0.1, 0.15) is 33.2 Å². The van der Waals surface area contributed by atoms with Crippen LogP contribution >= 0.6 is 23.4 Å². The maximum absolute atomic E-state index is 13.4. The zero-order valence-electron chi connectivity index (χ0n) is 20.1. The number of halogens is 1. The number of nitrogens with one attached hydrogen (secondary N) is 1. The van der Waals surface area contributed by atoms with E-state index in [0.29, 0.717) is 32.7 Å². The van der Waals surface area contributed by atoms with E-state index < -0.39 is 23.9 Å². The van der Waals surface area contributed by atoms with E-state index >= 15 is 0 Å². The number of hydrogen-bond acceptors (Lipinski definition) is 9. The highest BCUT2D eigenvalue weighted by atomic mass is 35.5. The van der Waals surface area contributed by atoms with Crippen molar-refractivity contribution < 1.29 is 23.9 Å². The molecule has 0 saturated heterocycles. The van der Waals surface area contributed by atoms with Gasteiger partial charge in [-0.25, -0.2) is 19.3 Å². The van der Waals surface area contributed by atoms with Crippen molar-refractivity contribution in [2.24, 2.45) is 0 Å². The van der Waals surface area contributed by atoms with E-state index in [2.05, 4.69) is 15.4 Å². The third kappa shape index (κ3) is 4.63. The number of methoxy groups -OCH3 is 2.